The molecule has 1 rings (SSSR count). The van der Waals surface area contributed by atoms with Crippen molar-refractivity contribution in [2.45, 2.75) is 52.1 Å². The van der Waals surface area contributed by atoms with Gasteiger partial charge in [-0.1, -0.05) is 20.8 Å². The SMILES string of the molecule is CC[C@H](N)C(=O)N1CCCC1C(=O)C(C)C. The zero-order valence-electron chi connectivity index (χ0n) is 10.4. The first kappa shape index (κ1) is 13.2. The van der Waals surface area contributed by atoms with Crippen molar-refractivity contribution in [3.05, 3.63) is 0 Å². The second kappa shape index (κ2) is 5.43. The lowest BCUT2D eigenvalue weighted by molar-refractivity contribution is -0.139. The van der Waals surface area contributed by atoms with E-state index in [1.165, 1.54) is 0 Å². The molecular formula is C12H22N2O2. The van der Waals surface area contributed by atoms with Gasteiger partial charge in [0, 0.05) is 12.5 Å². The number of nitrogens with two attached hydrogens (primary N) is 1. The van der Waals surface area contributed by atoms with Crippen molar-refractivity contribution in [2.24, 2.45) is 11.7 Å². The molecule has 4 nitrogen and oxygen atoms in total. The Balaban J connectivity index is 2.73. The number of ketones is 1. The van der Waals surface area contributed by atoms with Gasteiger partial charge in [-0.2, -0.15) is 0 Å². The van der Waals surface area contributed by atoms with Crippen molar-refractivity contribution in [3.8, 4) is 0 Å². The minimum Gasteiger partial charge on any atom is -0.331 e. The van der Waals surface area contributed by atoms with Crippen LogP contribution in [0.15, 0.2) is 0 Å². The van der Waals surface area contributed by atoms with Crippen LogP contribution in [0.2, 0.25) is 0 Å². The van der Waals surface area contributed by atoms with Crippen molar-refractivity contribution in [1.29, 1.82) is 0 Å². The van der Waals surface area contributed by atoms with E-state index in [0.717, 1.165) is 12.8 Å². The van der Waals surface area contributed by atoms with Gasteiger partial charge in [-0.15, -0.1) is 0 Å². The van der Waals surface area contributed by atoms with E-state index < -0.39 is 6.04 Å². The van der Waals surface area contributed by atoms with E-state index in [4.69, 9.17) is 5.73 Å². The van der Waals surface area contributed by atoms with Gasteiger partial charge in [0.25, 0.3) is 0 Å². The summed E-state index contributed by atoms with van der Waals surface area (Å²) in [6.45, 7) is 6.32. The molecule has 2 atom stereocenters. The molecule has 0 spiro atoms. The van der Waals surface area contributed by atoms with Crippen LogP contribution >= 0.6 is 0 Å². The summed E-state index contributed by atoms with van der Waals surface area (Å²) >= 11 is 0. The quantitative estimate of drug-likeness (QED) is 0.776. The third kappa shape index (κ3) is 2.61. The van der Waals surface area contributed by atoms with E-state index in [2.05, 4.69) is 0 Å². The number of Topliss-reactive ketones (excluding diaryl/α,β-unsaturated/α-hetero) is 1. The van der Waals surface area contributed by atoms with Gasteiger partial charge >= 0.3 is 0 Å². The second-order valence-electron chi connectivity index (χ2n) is 4.76. The normalized spacial score (nSPS) is 22.6. The summed E-state index contributed by atoms with van der Waals surface area (Å²) < 4.78 is 0. The predicted molar refractivity (Wildman–Crippen MR) is 62.8 cm³/mol. The lowest BCUT2D eigenvalue weighted by atomic mass is 9.99. The Labute approximate surface area is 97.2 Å². The number of likely N-dealkylation sites (tertiary alicyclic amines) is 1. The van der Waals surface area contributed by atoms with Gasteiger partial charge in [-0.05, 0) is 19.3 Å². The van der Waals surface area contributed by atoms with Crippen molar-refractivity contribution >= 4 is 11.7 Å². The molecule has 2 N–H and O–H groups in total. The fourth-order valence-corrected chi connectivity index (χ4v) is 2.10. The van der Waals surface area contributed by atoms with E-state index in [-0.39, 0.29) is 23.7 Å². The van der Waals surface area contributed by atoms with Crippen LogP contribution in [0.4, 0.5) is 0 Å². The van der Waals surface area contributed by atoms with Crippen molar-refractivity contribution in [3.63, 3.8) is 0 Å². The summed E-state index contributed by atoms with van der Waals surface area (Å²) in [5.41, 5.74) is 5.73. The molecule has 0 aromatic heterocycles. The molecule has 0 bridgehead atoms. The lowest BCUT2D eigenvalue weighted by Gasteiger charge is -2.27. The molecule has 0 saturated carbocycles. The van der Waals surface area contributed by atoms with Gasteiger partial charge in [0.05, 0.1) is 12.1 Å². The van der Waals surface area contributed by atoms with Crippen LogP contribution in [0.1, 0.15) is 40.0 Å². The van der Waals surface area contributed by atoms with Crippen LogP contribution < -0.4 is 5.73 Å². The van der Waals surface area contributed by atoms with Crippen LogP contribution in [0.25, 0.3) is 0 Å². The lowest BCUT2D eigenvalue weighted by Crippen LogP contribution is -2.49. The maximum Gasteiger partial charge on any atom is 0.240 e. The molecule has 0 radical (unpaired) electrons. The molecule has 1 fully saturated rings. The first-order chi connectivity index (χ1) is 7.49. The number of hydrogen-bond donors (Lipinski definition) is 1. The van der Waals surface area contributed by atoms with Gasteiger partial charge in [-0.25, -0.2) is 0 Å². The summed E-state index contributed by atoms with van der Waals surface area (Å²) in [6, 6.07) is -0.689. The standard InChI is InChI=1S/C12H22N2O2/c1-4-9(13)12(16)14-7-5-6-10(14)11(15)8(2)3/h8-10H,4-7,13H2,1-3H3/t9-,10?/m0/s1. The fourth-order valence-electron chi connectivity index (χ4n) is 2.10. The van der Waals surface area contributed by atoms with Crippen LogP contribution in [0, 0.1) is 5.92 Å². The topological polar surface area (TPSA) is 63.4 Å². The number of carbonyl (C=O) groups excluding carboxylic acids is 2. The molecule has 1 heterocycles. The summed E-state index contributed by atoms with van der Waals surface area (Å²) in [5.74, 6) is 0.0735. The van der Waals surface area contributed by atoms with Crippen LogP contribution in [-0.4, -0.2) is 35.2 Å². The summed E-state index contributed by atoms with van der Waals surface area (Å²) in [4.78, 5) is 25.6. The van der Waals surface area contributed by atoms with Gasteiger partial charge in [-0.3, -0.25) is 9.59 Å². The number of hydrogen-bond acceptors (Lipinski definition) is 3. The third-order valence-corrected chi connectivity index (χ3v) is 3.19. The molecule has 1 amide bonds. The summed E-state index contributed by atoms with van der Waals surface area (Å²) in [7, 11) is 0. The van der Waals surface area contributed by atoms with Crippen molar-refractivity contribution in [2.75, 3.05) is 6.54 Å². The van der Waals surface area contributed by atoms with Gasteiger partial charge in [0.2, 0.25) is 5.91 Å². The Morgan fingerprint density at radius 1 is 1.44 bits per heavy atom. The average molecular weight is 226 g/mol. The predicted octanol–water partition coefficient (Wildman–Crippen LogP) is 0.940. The van der Waals surface area contributed by atoms with Gasteiger partial charge < -0.3 is 10.6 Å². The van der Waals surface area contributed by atoms with E-state index in [1.54, 1.807) is 4.90 Å². The van der Waals surface area contributed by atoms with Crippen LogP contribution in [0.5, 0.6) is 0 Å². The maximum atomic E-state index is 12.0. The Morgan fingerprint density at radius 3 is 2.56 bits per heavy atom. The van der Waals surface area contributed by atoms with E-state index in [9.17, 15) is 9.59 Å². The van der Waals surface area contributed by atoms with Crippen molar-refractivity contribution in [1.82, 2.24) is 4.90 Å². The van der Waals surface area contributed by atoms with Crippen LogP contribution in [-0.2, 0) is 9.59 Å². The number of amides is 1. The molecule has 1 unspecified atom stereocenters. The number of carbonyl (C=O) groups is 2. The summed E-state index contributed by atoms with van der Waals surface area (Å²) in [6.07, 6.45) is 2.32. The Morgan fingerprint density at radius 2 is 2.06 bits per heavy atom. The highest BCUT2D eigenvalue weighted by Crippen LogP contribution is 2.21. The van der Waals surface area contributed by atoms with Gasteiger partial charge in [0.1, 0.15) is 0 Å². The first-order valence-corrected chi connectivity index (χ1v) is 6.08. The second-order valence-corrected chi connectivity index (χ2v) is 4.76. The highest BCUT2D eigenvalue weighted by Gasteiger charge is 2.36. The molecule has 0 aromatic carbocycles. The fraction of sp³-hybridized carbons (Fsp3) is 0.833. The van der Waals surface area contributed by atoms with Crippen molar-refractivity contribution < 1.29 is 9.59 Å². The zero-order chi connectivity index (χ0) is 12.3. The minimum atomic E-state index is -0.458. The zero-order valence-corrected chi connectivity index (χ0v) is 10.4. The molecule has 16 heavy (non-hydrogen) atoms. The van der Waals surface area contributed by atoms with E-state index >= 15 is 0 Å². The van der Waals surface area contributed by atoms with Gasteiger partial charge in [0.15, 0.2) is 5.78 Å². The molecule has 1 saturated heterocycles. The monoisotopic (exact) mass is 226 g/mol. The van der Waals surface area contributed by atoms with E-state index in [1.807, 2.05) is 20.8 Å². The smallest absolute Gasteiger partial charge is 0.240 e. The number of nitrogens with zero attached hydrogens (tertiary/aromatic N) is 1. The average Bonchev–Trinajstić information content (AvgIpc) is 2.74. The number of rotatable bonds is 4. The molecule has 4 heteroatoms. The Kier molecular flexibility index (Phi) is 4.47. The summed E-state index contributed by atoms with van der Waals surface area (Å²) in [5, 5.41) is 0. The highest BCUT2D eigenvalue weighted by molar-refractivity contribution is 5.92. The molecule has 1 aliphatic heterocycles. The largest absolute Gasteiger partial charge is 0.331 e. The molecule has 0 aromatic rings. The molecular weight excluding hydrogens is 204 g/mol. The highest BCUT2D eigenvalue weighted by atomic mass is 16.2. The third-order valence-electron chi connectivity index (χ3n) is 3.19. The van der Waals surface area contributed by atoms with Crippen LogP contribution in [0.3, 0.4) is 0 Å². The minimum absolute atomic E-state index is 0.0174. The molecule has 92 valence electrons. The first-order valence-electron chi connectivity index (χ1n) is 6.08. The maximum absolute atomic E-state index is 12.0. The Hall–Kier alpha value is -0.900. The van der Waals surface area contributed by atoms with E-state index in [0.29, 0.717) is 13.0 Å². The Bertz CT molecular complexity index is 276. The molecule has 0 aliphatic carbocycles. The molecule has 1 aliphatic rings.